The minimum atomic E-state index is 0.601. The molecule has 0 aliphatic rings. The van der Waals surface area contributed by atoms with Gasteiger partial charge in [0.25, 0.3) is 0 Å². The highest BCUT2D eigenvalue weighted by molar-refractivity contribution is 5.87. The standard InChI is InChI=1S/C23H27NO4/c1-5-28-20-12-10-16-8-6-7-9-18(16)19(20)15-24-14-17-11-13-21(25-2)23(27-4)22(17)26-3/h6-13,24H,5,14-15H2,1-4H3. The van der Waals surface area contributed by atoms with E-state index >= 15 is 0 Å². The van der Waals surface area contributed by atoms with Crippen LogP contribution in [0.3, 0.4) is 0 Å². The highest BCUT2D eigenvalue weighted by Gasteiger charge is 2.16. The third-order valence-electron chi connectivity index (χ3n) is 4.70. The van der Waals surface area contributed by atoms with Gasteiger partial charge in [0.2, 0.25) is 5.75 Å². The lowest BCUT2D eigenvalue weighted by Gasteiger charge is -2.17. The third kappa shape index (κ3) is 3.99. The van der Waals surface area contributed by atoms with Gasteiger partial charge in [-0.3, -0.25) is 0 Å². The number of hydrogen-bond acceptors (Lipinski definition) is 5. The summed E-state index contributed by atoms with van der Waals surface area (Å²) in [4.78, 5) is 0. The molecule has 0 aromatic heterocycles. The Labute approximate surface area is 166 Å². The van der Waals surface area contributed by atoms with Gasteiger partial charge in [-0.1, -0.05) is 36.4 Å². The molecule has 0 aliphatic heterocycles. The predicted molar refractivity (Wildman–Crippen MR) is 112 cm³/mol. The largest absolute Gasteiger partial charge is 0.494 e. The molecule has 3 rings (SSSR count). The minimum absolute atomic E-state index is 0.601. The van der Waals surface area contributed by atoms with E-state index in [2.05, 4.69) is 29.6 Å². The lowest BCUT2D eigenvalue weighted by Crippen LogP contribution is -2.15. The molecule has 3 aromatic carbocycles. The van der Waals surface area contributed by atoms with Crippen LogP contribution < -0.4 is 24.3 Å². The van der Waals surface area contributed by atoms with E-state index in [1.165, 1.54) is 10.8 Å². The van der Waals surface area contributed by atoms with Crippen molar-refractivity contribution in [2.45, 2.75) is 20.0 Å². The molecule has 1 N–H and O–H groups in total. The topological polar surface area (TPSA) is 49.0 Å². The zero-order valence-corrected chi connectivity index (χ0v) is 16.9. The number of hydrogen-bond donors (Lipinski definition) is 1. The van der Waals surface area contributed by atoms with Crippen LogP contribution in [0.1, 0.15) is 18.1 Å². The van der Waals surface area contributed by atoms with Crippen molar-refractivity contribution in [3.63, 3.8) is 0 Å². The van der Waals surface area contributed by atoms with Crippen LogP contribution in [0, 0.1) is 0 Å². The molecule has 0 unspecified atom stereocenters. The maximum atomic E-state index is 5.86. The van der Waals surface area contributed by atoms with Gasteiger partial charge in [0.1, 0.15) is 5.75 Å². The van der Waals surface area contributed by atoms with E-state index in [0.717, 1.165) is 16.9 Å². The van der Waals surface area contributed by atoms with E-state index in [0.29, 0.717) is 36.9 Å². The van der Waals surface area contributed by atoms with E-state index < -0.39 is 0 Å². The number of methoxy groups -OCH3 is 3. The first-order valence-electron chi connectivity index (χ1n) is 9.35. The Hall–Kier alpha value is -2.92. The zero-order chi connectivity index (χ0) is 19.9. The van der Waals surface area contributed by atoms with Crippen LogP contribution >= 0.6 is 0 Å². The molecule has 5 heteroatoms. The third-order valence-corrected chi connectivity index (χ3v) is 4.70. The van der Waals surface area contributed by atoms with E-state index in [9.17, 15) is 0 Å². The summed E-state index contributed by atoms with van der Waals surface area (Å²) in [5, 5.41) is 5.91. The molecule has 0 amide bonds. The van der Waals surface area contributed by atoms with Gasteiger partial charge in [0.15, 0.2) is 11.5 Å². The maximum Gasteiger partial charge on any atom is 0.203 e. The highest BCUT2D eigenvalue weighted by Crippen LogP contribution is 2.39. The van der Waals surface area contributed by atoms with Crippen LogP contribution in [0.2, 0.25) is 0 Å². The summed E-state index contributed by atoms with van der Waals surface area (Å²) in [7, 11) is 4.87. The van der Waals surface area contributed by atoms with Crippen molar-refractivity contribution in [2.75, 3.05) is 27.9 Å². The molecule has 0 saturated carbocycles. The van der Waals surface area contributed by atoms with Gasteiger partial charge in [-0.2, -0.15) is 0 Å². The Morgan fingerprint density at radius 3 is 2.21 bits per heavy atom. The quantitative estimate of drug-likeness (QED) is 0.589. The molecule has 0 bridgehead atoms. The Morgan fingerprint density at radius 1 is 0.750 bits per heavy atom. The van der Waals surface area contributed by atoms with Crippen molar-refractivity contribution in [2.24, 2.45) is 0 Å². The Kier molecular flexibility index (Phi) is 6.61. The SMILES string of the molecule is CCOc1ccc2ccccc2c1CNCc1ccc(OC)c(OC)c1OC. The van der Waals surface area contributed by atoms with Gasteiger partial charge >= 0.3 is 0 Å². The number of nitrogens with one attached hydrogen (secondary N) is 1. The molecule has 0 saturated heterocycles. The van der Waals surface area contributed by atoms with Crippen LogP contribution in [0.5, 0.6) is 23.0 Å². The summed E-state index contributed by atoms with van der Waals surface area (Å²) in [6.45, 7) is 3.93. The second kappa shape index (κ2) is 9.33. The van der Waals surface area contributed by atoms with Crippen LogP contribution in [0.4, 0.5) is 0 Å². The molecule has 0 spiro atoms. The summed E-state index contributed by atoms with van der Waals surface area (Å²) >= 11 is 0. The average molecular weight is 381 g/mol. The molecular formula is C23H27NO4. The van der Waals surface area contributed by atoms with E-state index in [4.69, 9.17) is 18.9 Å². The van der Waals surface area contributed by atoms with Crippen molar-refractivity contribution in [3.8, 4) is 23.0 Å². The summed E-state index contributed by atoms with van der Waals surface area (Å²) in [6, 6.07) is 16.4. The predicted octanol–water partition coefficient (Wildman–Crippen LogP) is 4.55. The molecule has 5 nitrogen and oxygen atoms in total. The fourth-order valence-electron chi connectivity index (χ4n) is 3.41. The van der Waals surface area contributed by atoms with Crippen molar-refractivity contribution >= 4 is 10.8 Å². The zero-order valence-electron chi connectivity index (χ0n) is 16.9. The van der Waals surface area contributed by atoms with E-state index in [1.807, 2.05) is 31.2 Å². The highest BCUT2D eigenvalue weighted by atomic mass is 16.5. The van der Waals surface area contributed by atoms with Crippen LogP contribution in [-0.4, -0.2) is 27.9 Å². The summed E-state index contributed by atoms with van der Waals surface area (Å²) in [6.07, 6.45) is 0. The number of benzene rings is 3. The minimum Gasteiger partial charge on any atom is -0.494 e. The first-order chi connectivity index (χ1) is 13.7. The normalized spacial score (nSPS) is 10.7. The van der Waals surface area contributed by atoms with Gasteiger partial charge in [-0.15, -0.1) is 0 Å². The van der Waals surface area contributed by atoms with Gasteiger partial charge < -0.3 is 24.3 Å². The monoisotopic (exact) mass is 381 g/mol. The summed E-state index contributed by atoms with van der Waals surface area (Å²) in [5.41, 5.74) is 2.15. The smallest absolute Gasteiger partial charge is 0.203 e. The number of ether oxygens (including phenoxy) is 4. The fourth-order valence-corrected chi connectivity index (χ4v) is 3.41. The summed E-state index contributed by atoms with van der Waals surface area (Å²) < 4.78 is 22.3. The van der Waals surface area contributed by atoms with Crippen LogP contribution in [-0.2, 0) is 13.1 Å². The first kappa shape index (κ1) is 19.8. The molecule has 0 heterocycles. The second-order valence-electron chi connectivity index (χ2n) is 6.29. The Balaban J connectivity index is 1.85. The maximum absolute atomic E-state index is 5.86. The van der Waals surface area contributed by atoms with Gasteiger partial charge in [-0.05, 0) is 29.8 Å². The molecule has 0 fully saturated rings. The van der Waals surface area contributed by atoms with Crippen molar-refractivity contribution in [3.05, 3.63) is 59.7 Å². The van der Waals surface area contributed by atoms with Crippen LogP contribution in [0.25, 0.3) is 10.8 Å². The lowest BCUT2D eigenvalue weighted by atomic mass is 10.0. The van der Waals surface area contributed by atoms with Gasteiger partial charge in [-0.25, -0.2) is 0 Å². The molecule has 148 valence electrons. The lowest BCUT2D eigenvalue weighted by molar-refractivity contribution is 0.321. The Bertz CT molecular complexity index is 939. The second-order valence-corrected chi connectivity index (χ2v) is 6.29. The molecule has 3 aromatic rings. The number of rotatable bonds is 9. The Morgan fingerprint density at radius 2 is 1.50 bits per heavy atom. The van der Waals surface area contributed by atoms with Gasteiger partial charge in [0.05, 0.1) is 27.9 Å². The average Bonchev–Trinajstić information content (AvgIpc) is 2.74. The fraction of sp³-hybridized carbons (Fsp3) is 0.304. The summed E-state index contributed by atoms with van der Waals surface area (Å²) in [5.74, 6) is 2.84. The van der Waals surface area contributed by atoms with Gasteiger partial charge in [0, 0.05) is 24.2 Å². The van der Waals surface area contributed by atoms with Crippen molar-refractivity contribution < 1.29 is 18.9 Å². The molecule has 0 atom stereocenters. The molecule has 0 radical (unpaired) electrons. The number of fused-ring (bicyclic) bond motifs is 1. The first-order valence-corrected chi connectivity index (χ1v) is 9.35. The van der Waals surface area contributed by atoms with E-state index in [-0.39, 0.29) is 0 Å². The molecule has 0 aliphatic carbocycles. The molecule has 28 heavy (non-hydrogen) atoms. The molecular weight excluding hydrogens is 354 g/mol. The van der Waals surface area contributed by atoms with Crippen LogP contribution in [0.15, 0.2) is 48.5 Å². The van der Waals surface area contributed by atoms with Crippen molar-refractivity contribution in [1.82, 2.24) is 5.32 Å². The van der Waals surface area contributed by atoms with Crippen molar-refractivity contribution in [1.29, 1.82) is 0 Å². The van der Waals surface area contributed by atoms with E-state index in [1.54, 1.807) is 21.3 Å².